The Morgan fingerprint density at radius 3 is 2.55 bits per heavy atom. The highest BCUT2D eigenvalue weighted by atomic mass is 16.5. The maximum absolute atomic E-state index is 12.5. The summed E-state index contributed by atoms with van der Waals surface area (Å²) in [5.41, 5.74) is 1.41. The Hall–Kier alpha value is -2.68. The molecule has 0 spiro atoms. The summed E-state index contributed by atoms with van der Waals surface area (Å²) in [7, 11) is 1.71. The number of carboxylic acids is 1. The minimum Gasteiger partial charge on any atom is -0.493 e. The lowest BCUT2D eigenvalue weighted by molar-refractivity contribution is -0.0144. The van der Waals surface area contributed by atoms with E-state index in [-0.39, 0.29) is 30.9 Å². The fourth-order valence-electron chi connectivity index (χ4n) is 4.79. The maximum Gasteiger partial charge on any atom is 0.341 e. The highest BCUT2D eigenvalue weighted by Crippen LogP contribution is 2.44. The van der Waals surface area contributed by atoms with Gasteiger partial charge in [-0.3, -0.25) is 4.79 Å². The van der Waals surface area contributed by atoms with Crippen LogP contribution in [-0.4, -0.2) is 52.3 Å². The lowest BCUT2D eigenvalue weighted by Gasteiger charge is -2.40. The first-order valence-electron chi connectivity index (χ1n) is 11.2. The molecule has 0 radical (unpaired) electrons. The van der Waals surface area contributed by atoms with Gasteiger partial charge in [0.1, 0.15) is 11.3 Å². The molecule has 3 N–H and O–H groups in total. The highest BCUT2D eigenvalue weighted by Gasteiger charge is 2.37. The number of carbonyl (C=O) groups is 1. The predicted molar refractivity (Wildman–Crippen MR) is 122 cm³/mol. The topological polar surface area (TPSA) is 118 Å². The minimum atomic E-state index is -1.28. The SMILES string of the molecule is COC1CC(COc2cc3c(cc2CO)-c2cc(=O)c(C(=O)O)cn2[C@H](C(C)(C)CO)C3)C1. The first-order valence-corrected chi connectivity index (χ1v) is 11.2. The zero-order valence-electron chi connectivity index (χ0n) is 19.2. The van der Waals surface area contributed by atoms with Crippen molar-refractivity contribution in [3.05, 3.63) is 51.3 Å². The van der Waals surface area contributed by atoms with Gasteiger partial charge < -0.3 is 29.4 Å². The van der Waals surface area contributed by atoms with E-state index in [1.807, 2.05) is 26.0 Å². The van der Waals surface area contributed by atoms with Crippen molar-refractivity contribution in [2.75, 3.05) is 20.3 Å². The summed E-state index contributed by atoms with van der Waals surface area (Å²) < 4.78 is 13.2. The summed E-state index contributed by atoms with van der Waals surface area (Å²) >= 11 is 0. The summed E-state index contributed by atoms with van der Waals surface area (Å²) in [6.07, 6.45) is 4.08. The molecule has 8 heteroatoms. The zero-order chi connectivity index (χ0) is 23.9. The van der Waals surface area contributed by atoms with Gasteiger partial charge in [-0.25, -0.2) is 4.79 Å². The Labute approximate surface area is 192 Å². The third-order valence-corrected chi connectivity index (χ3v) is 7.10. The Balaban J connectivity index is 1.76. The Kier molecular flexibility index (Phi) is 6.35. The van der Waals surface area contributed by atoms with E-state index in [9.17, 15) is 24.9 Å². The van der Waals surface area contributed by atoms with E-state index in [2.05, 4.69) is 0 Å². The fraction of sp³-hybridized carbons (Fsp3) is 0.520. The van der Waals surface area contributed by atoms with E-state index in [1.54, 1.807) is 11.7 Å². The summed E-state index contributed by atoms with van der Waals surface area (Å²) in [6, 6.07) is 4.79. The standard InChI is InChI=1S/C25H31NO7/c1-25(2,13-28)23-8-15-7-22(33-12-14-4-17(5-14)32-3)16(11-27)6-18(15)20-9-21(29)19(24(30)31)10-26(20)23/h6-7,9-10,14,17,23,27-28H,4-5,8,11-13H2,1-3H3,(H,30,31)/t14?,17?,23-/m0/s1. The maximum atomic E-state index is 12.5. The molecule has 8 nitrogen and oxygen atoms in total. The summed E-state index contributed by atoms with van der Waals surface area (Å²) in [6.45, 7) is 4.02. The van der Waals surface area contributed by atoms with E-state index in [4.69, 9.17) is 9.47 Å². The van der Waals surface area contributed by atoms with E-state index < -0.39 is 16.8 Å². The molecule has 1 aromatic heterocycles. The number of benzene rings is 1. The van der Waals surface area contributed by atoms with E-state index in [0.29, 0.717) is 36.0 Å². The predicted octanol–water partition coefficient (Wildman–Crippen LogP) is 2.63. The number of methoxy groups -OCH3 is 1. The average molecular weight is 458 g/mol. The molecule has 1 saturated carbocycles. The number of hydrogen-bond donors (Lipinski definition) is 3. The van der Waals surface area contributed by atoms with Crippen LogP contribution in [0.3, 0.4) is 0 Å². The van der Waals surface area contributed by atoms with Crippen molar-refractivity contribution < 1.29 is 29.6 Å². The van der Waals surface area contributed by atoms with Gasteiger partial charge in [-0.15, -0.1) is 0 Å². The smallest absolute Gasteiger partial charge is 0.341 e. The molecular formula is C25H31NO7. The lowest BCUT2D eigenvalue weighted by Crippen LogP contribution is -2.36. The van der Waals surface area contributed by atoms with Crippen LogP contribution in [0.15, 0.2) is 29.2 Å². The monoisotopic (exact) mass is 457 g/mol. The van der Waals surface area contributed by atoms with Crippen molar-refractivity contribution in [1.29, 1.82) is 0 Å². The lowest BCUT2D eigenvalue weighted by atomic mass is 9.77. The second-order valence-electron chi connectivity index (χ2n) is 9.80. The molecule has 0 saturated heterocycles. The van der Waals surface area contributed by atoms with Crippen LogP contribution in [0.2, 0.25) is 0 Å². The molecule has 1 fully saturated rings. The third-order valence-electron chi connectivity index (χ3n) is 7.10. The molecule has 1 aromatic carbocycles. The number of aromatic carboxylic acids is 1. The molecule has 178 valence electrons. The van der Waals surface area contributed by atoms with E-state index in [0.717, 1.165) is 24.0 Å². The van der Waals surface area contributed by atoms with Gasteiger partial charge >= 0.3 is 5.97 Å². The van der Waals surface area contributed by atoms with Gasteiger partial charge in [-0.1, -0.05) is 13.8 Å². The normalized spacial score (nSPS) is 21.7. The van der Waals surface area contributed by atoms with Crippen LogP contribution in [0.25, 0.3) is 11.3 Å². The van der Waals surface area contributed by atoms with Gasteiger partial charge in [0.2, 0.25) is 0 Å². The molecule has 0 unspecified atom stereocenters. The summed E-state index contributed by atoms with van der Waals surface area (Å²) in [5.74, 6) is -0.267. The first kappa shape index (κ1) is 23.5. The van der Waals surface area contributed by atoms with Crippen molar-refractivity contribution >= 4 is 5.97 Å². The molecule has 1 aliphatic carbocycles. The number of carboxylic acid groups (broad SMARTS) is 1. The van der Waals surface area contributed by atoms with Gasteiger partial charge in [-0.2, -0.15) is 0 Å². The molecule has 2 heterocycles. The van der Waals surface area contributed by atoms with Gasteiger partial charge in [0.15, 0.2) is 5.43 Å². The molecule has 1 atom stereocenters. The molecule has 0 bridgehead atoms. The fourth-order valence-corrected chi connectivity index (χ4v) is 4.79. The Morgan fingerprint density at radius 1 is 1.21 bits per heavy atom. The Morgan fingerprint density at radius 2 is 1.94 bits per heavy atom. The molecule has 1 aliphatic heterocycles. The summed E-state index contributed by atoms with van der Waals surface area (Å²) in [5, 5.41) is 29.5. The van der Waals surface area contributed by atoms with Crippen LogP contribution in [0.1, 0.15) is 54.2 Å². The third kappa shape index (κ3) is 4.30. The molecular weight excluding hydrogens is 426 g/mol. The van der Waals surface area contributed by atoms with Gasteiger partial charge in [0, 0.05) is 42.0 Å². The van der Waals surface area contributed by atoms with Gasteiger partial charge in [0.25, 0.3) is 0 Å². The zero-order valence-corrected chi connectivity index (χ0v) is 19.2. The van der Waals surface area contributed by atoms with Crippen LogP contribution in [-0.2, 0) is 17.8 Å². The molecule has 0 amide bonds. The van der Waals surface area contributed by atoms with Crippen LogP contribution in [0, 0.1) is 11.3 Å². The number of aromatic nitrogens is 1. The van der Waals surface area contributed by atoms with Crippen molar-refractivity contribution in [2.45, 2.75) is 51.9 Å². The number of pyridine rings is 1. The van der Waals surface area contributed by atoms with Crippen LogP contribution < -0.4 is 10.2 Å². The van der Waals surface area contributed by atoms with Crippen molar-refractivity contribution in [3.63, 3.8) is 0 Å². The number of aliphatic hydroxyl groups excluding tert-OH is 2. The number of aliphatic hydroxyl groups is 2. The van der Waals surface area contributed by atoms with E-state index >= 15 is 0 Å². The molecule has 33 heavy (non-hydrogen) atoms. The van der Waals surface area contributed by atoms with Crippen LogP contribution in [0.4, 0.5) is 0 Å². The number of hydrogen-bond acceptors (Lipinski definition) is 6. The molecule has 2 aliphatic rings. The largest absolute Gasteiger partial charge is 0.493 e. The second-order valence-corrected chi connectivity index (χ2v) is 9.80. The van der Waals surface area contributed by atoms with Crippen molar-refractivity contribution in [1.82, 2.24) is 4.57 Å². The Bertz CT molecular complexity index is 1110. The van der Waals surface area contributed by atoms with E-state index in [1.165, 1.54) is 12.3 Å². The first-order chi connectivity index (χ1) is 15.7. The highest BCUT2D eigenvalue weighted by molar-refractivity contribution is 5.87. The quantitative estimate of drug-likeness (QED) is 0.558. The average Bonchev–Trinajstić information content (AvgIpc) is 2.76. The summed E-state index contributed by atoms with van der Waals surface area (Å²) in [4.78, 5) is 24.1. The minimum absolute atomic E-state index is 0.110. The second kappa shape index (κ2) is 8.93. The van der Waals surface area contributed by atoms with Crippen molar-refractivity contribution in [2.24, 2.45) is 11.3 Å². The number of fused-ring (bicyclic) bond motifs is 3. The van der Waals surface area contributed by atoms with Crippen molar-refractivity contribution in [3.8, 4) is 17.0 Å². The molecule has 2 aromatic rings. The van der Waals surface area contributed by atoms with Crippen LogP contribution in [0.5, 0.6) is 5.75 Å². The van der Waals surface area contributed by atoms with Gasteiger partial charge in [-0.05, 0) is 42.9 Å². The number of nitrogens with zero attached hydrogens (tertiary/aromatic N) is 1. The number of ether oxygens (including phenoxy) is 2. The molecule has 4 rings (SSSR count). The van der Waals surface area contributed by atoms with Crippen LogP contribution >= 0.6 is 0 Å². The number of rotatable bonds is 8. The van der Waals surface area contributed by atoms with Gasteiger partial charge in [0.05, 0.1) is 31.6 Å².